The number of hydrogen-bond donors (Lipinski definition) is 1. The lowest BCUT2D eigenvalue weighted by Crippen LogP contribution is -2.39. The highest BCUT2D eigenvalue weighted by Crippen LogP contribution is 2.33. The van der Waals surface area contributed by atoms with Crippen LogP contribution in [0, 0.1) is 5.92 Å². The van der Waals surface area contributed by atoms with Gasteiger partial charge in [-0.15, -0.1) is 22.7 Å². The Labute approximate surface area is 149 Å². The van der Waals surface area contributed by atoms with Crippen LogP contribution in [0.2, 0.25) is 4.34 Å². The predicted octanol–water partition coefficient (Wildman–Crippen LogP) is 3.99. The summed E-state index contributed by atoms with van der Waals surface area (Å²) in [5, 5.41) is 5.93. The minimum atomic E-state index is 0.0576. The lowest BCUT2D eigenvalue weighted by molar-refractivity contribution is 0.0682. The number of carbonyl (C=O) groups is 1. The van der Waals surface area contributed by atoms with Crippen LogP contribution in [-0.4, -0.2) is 42.5 Å². The number of hydrogen-bond acceptors (Lipinski definition) is 5. The minimum Gasteiger partial charge on any atom is -0.337 e. The van der Waals surface area contributed by atoms with E-state index in [0.717, 1.165) is 52.6 Å². The molecule has 0 spiro atoms. The van der Waals surface area contributed by atoms with Gasteiger partial charge in [-0.25, -0.2) is 4.98 Å². The van der Waals surface area contributed by atoms with Gasteiger partial charge in [0.15, 0.2) is 0 Å². The number of carbonyl (C=O) groups excluding carboxylic acids is 1. The number of aromatic nitrogens is 1. The van der Waals surface area contributed by atoms with Gasteiger partial charge in [-0.05, 0) is 50.9 Å². The Hall–Kier alpha value is -0.950. The van der Waals surface area contributed by atoms with Gasteiger partial charge in [-0.1, -0.05) is 11.6 Å². The molecule has 7 heteroatoms. The smallest absolute Gasteiger partial charge is 0.273 e. The zero-order valence-electron chi connectivity index (χ0n) is 13.0. The summed E-state index contributed by atoms with van der Waals surface area (Å²) >= 11 is 8.96. The van der Waals surface area contributed by atoms with Crippen LogP contribution in [0.25, 0.3) is 9.88 Å². The molecule has 0 saturated carbocycles. The van der Waals surface area contributed by atoms with Crippen LogP contribution in [0.1, 0.15) is 29.8 Å². The van der Waals surface area contributed by atoms with E-state index in [4.69, 9.17) is 11.6 Å². The molecule has 3 rings (SSSR count). The molecule has 0 radical (unpaired) electrons. The zero-order chi connectivity index (χ0) is 16.2. The lowest BCUT2D eigenvalue weighted by atomic mass is 9.93. The van der Waals surface area contributed by atoms with Crippen LogP contribution < -0.4 is 5.32 Å². The Morgan fingerprint density at radius 3 is 2.87 bits per heavy atom. The van der Waals surface area contributed by atoms with E-state index < -0.39 is 0 Å². The zero-order valence-corrected chi connectivity index (χ0v) is 15.4. The van der Waals surface area contributed by atoms with Gasteiger partial charge in [0.1, 0.15) is 10.7 Å². The number of piperidine rings is 1. The van der Waals surface area contributed by atoms with Crippen molar-refractivity contribution in [3.63, 3.8) is 0 Å². The molecular formula is C16H20ClN3OS2. The molecule has 1 aliphatic heterocycles. The van der Waals surface area contributed by atoms with Crippen molar-refractivity contribution in [2.45, 2.75) is 19.3 Å². The highest BCUT2D eigenvalue weighted by Gasteiger charge is 2.25. The standard InChI is InChI=1S/C16H20ClN3OS2/c1-18-7-4-11-5-8-20(9-6-11)16(21)12-10-22-15(19-12)13-2-3-14(17)23-13/h2-3,10-11,18H,4-9H2,1H3. The van der Waals surface area contributed by atoms with E-state index in [-0.39, 0.29) is 5.91 Å². The second-order valence-corrected chi connectivity index (χ2v) is 8.34. The van der Waals surface area contributed by atoms with Gasteiger partial charge in [0.25, 0.3) is 5.91 Å². The number of likely N-dealkylation sites (tertiary alicyclic amines) is 1. The van der Waals surface area contributed by atoms with E-state index in [9.17, 15) is 4.79 Å². The Morgan fingerprint density at radius 2 is 2.22 bits per heavy atom. The molecule has 1 N–H and O–H groups in total. The summed E-state index contributed by atoms with van der Waals surface area (Å²) in [6, 6.07) is 3.81. The van der Waals surface area contributed by atoms with Gasteiger partial charge in [0, 0.05) is 18.5 Å². The molecule has 0 bridgehead atoms. The van der Waals surface area contributed by atoms with Crippen molar-refractivity contribution in [1.82, 2.24) is 15.2 Å². The fourth-order valence-electron chi connectivity index (χ4n) is 2.85. The third-order valence-corrected chi connectivity index (χ3v) is 6.45. The van der Waals surface area contributed by atoms with Gasteiger partial charge in [0.2, 0.25) is 0 Å². The number of thiazole rings is 1. The number of halogens is 1. The van der Waals surface area contributed by atoms with E-state index in [2.05, 4.69) is 10.3 Å². The number of rotatable bonds is 5. The first kappa shape index (κ1) is 16.9. The number of amides is 1. The van der Waals surface area contributed by atoms with Gasteiger partial charge < -0.3 is 10.2 Å². The molecular weight excluding hydrogens is 350 g/mol. The molecule has 2 aromatic rings. The Balaban J connectivity index is 1.60. The van der Waals surface area contributed by atoms with Crippen LogP contribution in [0.4, 0.5) is 0 Å². The molecule has 124 valence electrons. The minimum absolute atomic E-state index is 0.0576. The molecule has 1 amide bonds. The molecule has 4 nitrogen and oxygen atoms in total. The summed E-state index contributed by atoms with van der Waals surface area (Å²) < 4.78 is 0.742. The molecule has 0 unspecified atom stereocenters. The highest BCUT2D eigenvalue weighted by molar-refractivity contribution is 7.23. The Morgan fingerprint density at radius 1 is 1.43 bits per heavy atom. The van der Waals surface area contributed by atoms with Crippen LogP contribution in [0.3, 0.4) is 0 Å². The van der Waals surface area contributed by atoms with Gasteiger partial charge in [-0.3, -0.25) is 4.79 Å². The van der Waals surface area contributed by atoms with Crippen LogP contribution in [-0.2, 0) is 0 Å². The average molecular weight is 370 g/mol. The molecule has 3 heterocycles. The van der Waals surface area contributed by atoms with Crippen molar-refractivity contribution in [3.05, 3.63) is 27.5 Å². The van der Waals surface area contributed by atoms with Crippen molar-refractivity contribution in [3.8, 4) is 9.88 Å². The first-order valence-electron chi connectivity index (χ1n) is 7.82. The maximum atomic E-state index is 12.6. The van der Waals surface area contributed by atoms with Crippen LogP contribution >= 0.6 is 34.3 Å². The third-order valence-electron chi connectivity index (χ3n) is 4.21. The van der Waals surface area contributed by atoms with Crippen molar-refractivity contribution in [2.75, 3.05) is 26.7 Å². The first-order chi connectivity index (χ1) is 11.2. The van der Waals surface area contributed by atoms with Crippen LogP contribution in [0.15, 0.2) is 17.5 Å². The molecule has 23 heavy (non-hydrogen) atoms. The number of nitrogens with one attached hydrogen (secondary N) is 1. The molecule has 0 aromatic carbocycles. The van der Waals surface area contributed by atoms with Crippen molar-refractivity contribution >= 4 is 40.2 Å². The first-order valence-corrected chi connectivity index (χ1v) is 9.90. The monoisotopic (exact) mass is 369 g/mol. The summed E-state index contributed by atoms with van der Waals surface area (Å²) in [4.78, 5) is 20.1. The summed E-state index contributed by atoms with van der Waals surface area (Å²) in [5.74, 6) is 0.785. The van der Waals surface area contributed by atoms with Crippen molar-refractivity contribution in [1.29, 1.82) is 0 Å². The molecule has 1 saturated heterocycles. The summed E-state index contributed by atoms with van der Waals surface area (Å²) in [6.07, 6.45) is 3.37. The maximum Gasteiger partial charge on any atom is 0.273 e. The quantitative estimate of drug-likeness (QED) is 0.866. The van der Waals surface area contributed by atoms with E-state index in [1.165, 1.54) is 29.1 Å². The second kappa shape index (κ2) is 7.75. The van der Waals surface area contributed by atoms with Gasteiger partial charge in [0.05, 0.1) is 9.21 Å². The summed E-state index contributed by atoms with van der Waals surface area (Å²) in [6.45, 7) is 2.73. The van der Waals surface area contributed by atoms with Crippen LogP contribution in [0.5, 0.6) is 0 Å². The third kappa shape index (κ3) is 4.12. The predicted molar refractivity (Wildman–Crippen MR) is 97.6 cm³/mol. The molecule has 0 atom stereocenters. The normalized spacial score (nSPS) is 16.0. The number of thiophene rings is 1. The Bertz CT molecular complexity index is 662. The van der Waals surface area contributed by atoms with E-state index in [1.807, 2.05) is 29.5 Å². The highest BCUT2D eigenvalue weighted by atomic mass is 35.5. The van der Waals surface area contributed by atoms with E-state index in [1.54, 1.807) is 0 Å². The largest absolute Gasteiger partial charge is 0.337 e. The second-order valence-electron chi connectivity index (χ2n) is 5.77. The van der Waals surface area contributed by atoms with Gasteiger partial charge >= 0.3 is 0 Å². The maximum absolute atomic E-state index is 12.6. The lowest BCUT2D eigenvalue weighted by Gasteiger charge is -2.31. The van der Waals surface area contributed by atoms with Crippen molar-refractivity contribution < 1.29 is 4.79 Å². The molecule has 1 fully saturated rings. The summed E-state index contributed by atoms with van der Waals surface area (Å²) in [7, 11) is 1.99. The van der Waals surface area contributed by atoms with Crippen molar-refractivity contribution in [2.24, 2.45) is 5.92 Å². The average Bonchev–Trinajstić information content (AvgIpc) is 3.21. The van der Waals surface area contributed by atoms with E-state index in [0.29, 0.717) is 5.69 Å². The number of nitrogens with zero attached hydrogens (tertiary/aromatic N) is 2. The fraction of sp³-hybridized carbons (Fsp3) is 0.500. The fourth-order valence-corrected chi connectivity index (χ4v) is 4.76. The molecule has 2 aromatic heterocycles. The Kier molecular flexibility index (Phi) is 5.69. The SMILES string of the molecule is CNCCC1CCN(C(=O)c2csc(-c3ccc(Cl)s3)n2)CC1. The van der Waals surface area contributed by atoms with Gasteiger partial charge in [-0.2, -0.15) is 0 Å². The summed E-state index contributed by atoms with van der Waals surface area (Å²) in [5.41, 5.74) is 0.559. The topological polar surface area (TPSA) is 45.2 Å². The molecule has 0 aliphatic carbocycles. The van der Waals surface area contributed by atoms with E-state index >= 15 is 0 Å². The molecule has 1 aliphatic rings.